The third-order valence-corrected chi connectivity index (χ3v) is 29.8. The van der Waals surface area contributed by atoms with Crippen LogP contribution in [0.3, 0.4) is 0 Å². The molecular formula is C28H46Cl2Si2Ti. The molecule has 184 valence electrons. The molecule has 5 heteroatoms. The van der Waals surface area contributed by atoms with Crippen LogP contribution in [-0.2, 0) is 19.2 Å². The first-order valence-corrected chi connectivity index (χ1v) is 20.4. The number of hydrogen-bond acceptors (Lipinski definition) is 0. The molecule has 2 saturated heterocycles. The molecule has 2 aliphatic carbocycles. The Morgan fingerprint density at radius 1 is 0.697 bits per heavy atom. The zero-order valence-electron chi connectivity index (χ0n) is 21.6. The SMILES string of the molecule is CCCC[Si]1([C]2([Ti+2][C]3([Si]4(CCCC)CCC4)C=CC(CC)=C3)C=CC(CC)=C2)CCC1.[Cl-].[Cl-]. The van der Waals surface area contributed by atoms with Crippen molar-refractivity contribution in [3.63, 3.8) is 0 Å². The number of unbranched alkanes of at least 4 members (excludes halogenated alkanes) is 2. The smallest absolute Gasteiger partial charge is 1.00 e. The molecule has 0 aromatic carbocycles. The van der Waals surface area contributed by atoms with Crippen LogP contribution in [0.1, 0.15) is 79.1 Å². The van der Waals surface area contributed by atoms with Crippen LogP contribution in [-0.4, -0.2) is 16.1 Å². The summed E-state index contributed by atoms with van der Waals surface area (Å²) in [6, 6.07) is 9.73. The quantitative estimate of drug-likeness (QED) is 0.322. The van der Waals surface area contributed by atoms with Crippen molar-refractivity contribution in [1.29, 1.82) is 0 Å². The van der Waals surface area contributed by atoms with Crippen LogP contribution in [0, 0.1) is 0 Å². The Morgan fingerprint density at radius 2 is 1.09 bits per heavy atom. The minimum atomic E-state index is -1.23. The molecule has 4 aliphatic rings. The maximum absolute atomic E-state index is 2.92. The van der Waals surface area contributed by atoms with Gasteiger partial charge in [0.15, 0.2) is 0 Å². The van der Waals surface area contributed by atoms with E-state index >= 15 is 0 Å². The first-order valence-electron chi connectivity index (χ1n) is 13.6. The fourth-order valence-corrected chi connectivity index (χ4v) is 28.1. The number of halogens is 2. The Morgan fingerprint density at radius 3 is 1.33 bits per heavy atom. The number of allylic oxidation sites excluding steroid dienone is 8. The Kier molecular flexibility index (Phi) is 11.1. The predicted octanol–water partition coefficient (Wildman–Crippen LogP) is 3.59. The molecule has 2 unspecified atom stereocenters. The first kappa shape index (κ1) is 29.9. The van der Waals surface area contributed by atoms with Crippen molar-refractivity contribution in [2.45, 2.75) is 122 Å². The number of hydrogen-bond donors (Lipinski definition) is 0. The van der Waals surface area contributed by atoms with E-state index in [4.69, 9.17) is 0 Å². The van der Waals surface area contributed by atoms with Gasteiger partial charge in [-0.05, 0) is 0 Å². The van der Waals surface area contributed by atoms with E-state index in [2.05, 4.69) is 64.2 Å². The number of rotatable bonds is 12. The average Bonchev–Trinajstić information content (AvgIpc) is 3.32. The summed E-state index contributed by atoms with van der Waals surface area (Å²) < 4.78 is 1.13. The van der Waals surface area contributed by atoms with Gasteiger partial charge in [-0.1, -0.05) is 0 Å². The molecule has 4 rings (SSSR count). The van der Waals surface area contributed by atoms with Gasteiger partial charge < -0.3 is 24.8 Å². The van der Waals surface area contributed by atoms with E-state index in [1.165, 1.54) is 51.4 Å². The van der Waals surface area contributed by atoms with E-state index < -0.39 is 16.1 Å². The van der Waals surface area contributed by atoms with Gasteiger partial charge >= 0.3 is 205 Å². The Bertz CT molecular complexity index is 715. The normalized spacial score (nSPS) is 30.3. The molecule has 0 radical (unpaired) electrons. The minimum absolute atomic E-state index is 0. The summed E-state index contributed by atoms with van der Waals surface area (Å²) in [5.74, 6) is 0. The van der Waals surface area contributed by atoms with Crippen LogP contribution in [0.25, 0.3) is 0 Å². The average molecular weight is 558 g/mol. The van der Waals surface area contributed by atoms with Crippen molar-refractivity contribution in [2.24, 2.45) is 0 Å². The van der Waals surface area contributed by atoms with Crippen LogP contribution in [0.15, 0.2) is 47.6 Å². The van der Waals surface area contributed by atoms with Crippen molar-refractivity contribution in [3.8, 4) is 0 Å². The molecule has 2 atom stereocenters. The molecule has 0 aromatic heterocycles. The van der Waals surface area contributed by atoms with Crippen LogP contribution < -0.4 is 24.8 Å². The van der Waals surface area contributed by atoms with Gasteiger partial charge in [-0.2, -0.15) is 0 Å². The van der Waals surface area contributed by atoms with Gasteiger partial charge in [0.1, 0.15) is 0 Å². The monoisotopic (exact) mass is 556 g/mol. The molecule has 0 bridgehead atoms. The molecule has 0 amide bonds. The summed E-state index contributed by atoms with van der Waals surface area (Å²) in [6.45, 7) is 9.61. The standard InChI is InChI=1S/2C14H23Si.2ClH.Ti/c2*1-3-5-9-15(10-6-11-15)14-8-7-13(4-2)12-14;;;/h2*7-8,12H,3-6,9-11H2,1-2H3;2*1H;/q;;;;+2/p-2. The summed E-state index contributed by atoms with van der Waals surface area (Å²) in [5, 5.41) is 0. The van der Waals surface area contributed by atoms with Crippen molar-refractivity contribution >= 4 is 16.1 Å². The topological polar surface area (TPSA) is 0 Å². The van der Waals surface area contributed by atoms with Gasteiger partial charge in [0.2, 0.25) is 0 Å². The largest absolute Gasteiger partial charge is 1.00 e. The zero-order chi connectivity index (χ0) is 22.0. The first-order chi connectivity index (χ1) is 15.0. The fourth-order valence-electron chi connectivity index (χ4n) is 7.10. The molecule has 33 heavy (non-hydrogen) atoms. The molecule has 0 saturated carbocycles. The summed E-state index contributed by atoms with van der Waals surface area (Å²) in [6.07, 6.45) is 28.0. The van der Waals surface area contributed by atoms with E-state index in [0.29, 0.717) is 6.69 Å². The molecular weight excluding hydrogens is 511 g/mol. The van der Waals surface area contributed by atoms with Crippen LogP contribution in [0.2, 0.25) is 43.0 Å². The minimum Gasteiger partial charge on any atom is -1.00 e. The molecule has 2 fully saturated rings. The van der Waals surface area contributed by atoms with Crippen molar-refractivity contribution in [3.05, 3.63) is 47.6 Å². The van der Waals surface area contributed by atoms with Gasteiger partial charge in [0.05, 0.1) is 0 Å². The third-order valence-electron chi connectivity index (χ3n) is 9.57. The summed E-state index contributed by atoms with van der Waals surface area (Å²) in [5.41, 5.74) is 3.35. The summed E-state index contributed by atoms with van der Waals surface area (Å²) in [4.78, 5) is 0. The van der Waals surface area contributed by atoms with Gasteiger partial charge in [0.25, 0.3) is 0 Å². The Balaban J connectivity index is 0.00000193. The van der Waals surface area contributed by atoms with Crippen molar-refractivity contribution in [2.75, 3.05) is 0 Å². The second-order valence-corrected chi connectivity index (χ2v) is 25.5. The molecule has 2 heterocycles. The Hall–Kier alpha value is 0.688. The maximum atomic E-state index is 2.92. The second-order valence-electron chi connectivity index (χ2n) is 11.2. The summed E-state index contributed by atoms with van der Waals surface area (Å²) in [7, 11) is -2.47. The fraction of sp³-hybridized carbons (Fsp3) is 0.714. The van der Waals surface area contributed by atoms with Crippen molar-refractivity contribution in [1.82, 2.24) is 0 Å². The van der Waals surface area contributed by atoms with E-state index in [1.54, 1.807) is 47.4 Å². The molecule has 0 aromatic rings. The van der Waals surface area contributed by atoms with Crippen LogP contribution >= 0.6 is 0 Å². The zero-order valence-corrected chi connectivity index (χ0v) is 26.7. The van der Waals surface area contributed by atoms with Gasteiger partial charge in [-0.25, -0.2) is 0 Å². The van der Waals surface area contributed by atoms with E-state index in [0.717, 1.165) is 0 Å². The predicted molar refractivity (Wildman–Crippen MR) is 140 cm³/mol. The van der Waals surface area contributed by atoms with Crippen LogP contribution in [0.4, 0.5) is 0 Å². The molecule has 0 nitrogen and oxygen atoms in total. The summed E-state index contributed by atoms with van der Waals surface area (Å²) >= 11 is -0.142. The Labute approximate surface area is 228 Å². The maximum Gasteiger partial charge on any atom is -1.00 e. The van der Waals surface area contributed by atoms with Gasteiger partial charge in [0, 0.05) is 0 Å². The van der Waals surface area contributed by atoms with E-state index in [-0.39, 0.29) is 44.0 Å². The van der Waals surface area contributed by atoms with Crippen molar-refractivity contribution < 1.29 is 44.0 Å². The van der Waals surface area contributed by atoms with Gasteiger partial charge in [-0.3, -0.25) is 0 Å². The van der Waals surface area contributed by atoms with Crippen LogP contribution in [0.5, 0.6) is 0 Å². The van der Waals surface area contributed by atoms with Gasteiger partial charge in [-0.15, -0.1) is 0 Å². The van der Waals surface area contributed by atoms with E-state index in [9.17, 15) is 0 Å². The third kappa shape index (κ3) is 5.23. The molecule has 2 aliphatic heterocycles. The molecule has 0 spiro atoms. The molecule has 0 N–H and O–H groups in total. The van der Waals surface area contributed by atoms with E-state index in [1.807, 2.05) is 0 Å². The second kappa shape index (κ2) is 12.3.